The van der Waals surface area contributed by atoms with Gasteiger partial charge in [0.2, 0.25) is 0 Å². The molecule has 1 unspecified atom stereocenters. The summed E-state index contributed by atoms with van der Waals surface area (Å²) in [4.78, 5) is 0. The summed E-state index contributed by atoms with van der Waals surface area (Å²) in [5.74, 6) is 0.601. The van der Waals surface area contributed by atoms with Crippen LogP contribution in [-0.2, 0) is 0 Å². The second-order valence-electron chi connectivity index (χ2n) is 3.43. The number of benzene rings is 1. The molecule has 0 aliphatic heterocycles. The van der Waals surface area contributed by atoms with Crippen molar-refractivity contribution in [2.24, 2.45) is 0 Å². The standard InChI is InChI=1S/C13H14/c1-3-10-9-11(4-2)13-8-6-5-7-12(10)13/h3,5-9,11H,1,4H2,2H3. The maximum absolute atomic E-state index is 3.84. The molecule has 0 aromatic heterocycles. The van der Waals surface area contributed by atoms with E-state index in [0.717, 1.165) is 0 Å². The van der Waals surface area contributed by atoms with Crippen molar-refractivity contribution >= 4 is 5.57 Å². The predicted molar refractivity (Wildman–Crippen MR) is 57.6 cm³/mol. The van der Waals surface area contributed by atoms with Gasteiger partial charge in [-0.05, 0) is 23.1 Å². The van der Waals surface area contributed by atoms with Crippen molar-refractivity contribution in [3.05, 3.63) is 54.1 Å². The minimum absolute atomic E-state index is 0.601. The summed E-state index contributed by atoms with van der Waals surface area (Å²) in [5, 5.41) is 0. The van der Waals surface area contributed by atoms with E-state index in [-0.39, 0.29) is 0 Å². The molecule has 0 heterocycles. The monoisotopic (exact) mass is 170 g/mol. The average molecular weight is 170 g/mol. The third-order valence-electron chi connectivity index (χ3n) is 2.71. The van der Waals surface area contributed by atoms with Gasteiger partial charge in [-0.15, -0.1) is 0 Å². The average Bonchev–Trinajstić information content (AvgIpc) is 2.56. The van der Waals surface area contributed by atoms with Crippen LogP contribution in [0.5, 0.6) is 0 Å². The summed E-state index contributed by atoms with van der Waals surface area (Å²) in [6.07, 6.45) is 5.44. The third-order valence-corrected chi connectivity index (χ3v) is 2.71. The van der Waals surface area contributed by atoms with Crippen LogP contribution in [-0.4, -0.2) is 0 Å². The zero-order valence-corrected chi connectivity index (χ0v) is 7.96. The molecule has 0 heteroatoms. The van der Waals surface area contributed by atoms with Gasteiger partial charge in [0, 0.05) is 5.92 Å². The molecule has 1 aliphatic carbocycles. The summed E-state index contributed by atoms with van der Waals surface area (Å²) in [5.41, 5.74) is 4.12. The van der Waals surface area contributed by atoms with Crippen molar-refractivity contribution < 1.29 is 0 Å². The van der Waals surface area contributed by atoms with Crippen LogP contribution in [0, 0.1) is 0 Å². The van der Waals surface area contributed by atoms with Crippen molar-refractivity contribution in [2.45, 2.75) is 19.3 Å². The van der Waals surface area contributed by atoms with Gasteiger partial charge in [-0.2, -0.15) is 0 Å². The van der Waals surface area contributed by atoms with Crippen LogP contribution < -0.4 is 0 Å². The number of hydrogen-bond donors (Lipinski definition) is 0. The molecule has 1 aromatic carbocycles. The Kier molecular flexibility index (Phi) is 2.05. The fraction of sp³-hybridized carbons (Fsp3) is 0.231. The van der Waals surface area contributed by atoms with Gasteiger partial charge in [0.05, 0.1) is 0 Å². The van der Waals surface area contributed by atoms with E-state index in [4.69, 9.17) is 0 Å². The Balaban J connectivity index is 2.53. The van der Waals surface area contributed by atoms with Crippen LogP contribution in [0.3, 0.4) is 0 Å². The highest BCUT2D eigenvalue weighted by Gasteiger charge is 2.18. The molecule has 0 spiro atoms. The predicted octanol–water partition coefficient (Wildman–Crippen LogP) is 3.76. The van der Waals surface area contributed by atoms with E-state index in [1.807, 2.05) is 6.08 Å². The van der Waals surface area contributed by atoms with Crippen LogP contribution in [0.1, 0.15) is 30.4 Å². The van der Waals surface area contributed by atoms with Crippen molar-refractivity contribution in [3.63, 3.8) is 0 Å². The van der Waals surface area contributed by atoms with Crippen molar-refractivity contribution in [1.29, 1.82) is 0 Å². The zero-order chi connectivity index (χ0) is 9.26. The van der Waals surface area contributed by atoms with E-state index in [2.05, 4.69) is 43.8 Å². The van der Waals surface area contributed by atoms with Crippen LogP contribution in [0.2, 0.25) is 0 Å². The van der Waals surface area contributed by atoms with Crippen molar-refractivity contribution in [2.75, 3.05) is 0 Å². The molecule has 0 nitrogen and oxygen atoms in total. The quantitative estimate of drug-likeness (QED) is 0.634. The highest BCUT2D eigenvalue weighted by atomic mass is 14.2. The largest absolute Gasteiger partial charge is 0.0985 e. The first-order valence-corrected chi connectivity index (χ1v) is 4.80. The van der Waals surface area contributed by atoms with E-state index in [9.17, 15) is 0 Å². The van der Waals surface area contributed by atoms with Crippen LogP contribution in [0.4, 0.5) is 0 Å². The van der Waals surface area contributed by atoms with E-state index >= 15 is 0 Å². The first-order valence-electron chi connectivity index (χ1n) is 4.80. The molecule has 0 radical (unpaired) electrons. The molecule has 2 rings (SSSR count). The van der Waals surface area contributed by atoms with E-state index in [1.54, 1.807) is 0 Å². The van der Waals surface area contributed by atoms with E-state index in [0.29, 0.717) is 5.92 Å². The maximum Gasteiger partial charge on any atom is 0.00307 e. The maximum atomic E-state index is 3.84. The highest BCUT2D eigenvalue weighted by Crippen LogP contribution is 2.37. The summed E-state index contributed by atoms with van der Waals surface area (Å²) in [7, 11) is 0. The molecule has 1 atom stereocenters. The van der Waals surface area contributed by atoms with Crippen LogP contribution in [0.25, 0.3) is 5.57 Å². The van der Waals surface area contributed by atoms with Gasteiger partial charge < -0.3 is 0 Å². The number of hydrogen-bond acceptors (Lipinski definition) is 0. The summed E-state index contributed by atoms with van der Waals surface area (Å²) < 4.78 is 0. The Morgan fingerprint density at radius 1 is 1.38 bits per heavy atom. The minimum Gasteiger partial charge on any atom is -0.0985 e. The first-order chi connectivity index (χ1) is 6.36. The van der Waals surface area contributed by atoms with Gasteiger partial charge in [-0.3, -0.25) is 0 Å². The SMILES string of the molecule is C=CC1=CC(CC)c2ccccc21. The molecule has 0 saturated carbocycles. The number of rotatable bonds is 2. The topological polar surface area (TPSA) is 0 Å². The second-order valence-corrected chi connectivity index (χ2v) is 3.43. The normalized spacial score (nSPS) is 19.5. The molecule has 1 aliphatic rings. The lowest BCUT2D eigenvalue weighted by Crippen LogP contribution is -1.89. The Labute approximate surface area is 79.6 Å². The lowest BCUT2D eigenvalue weighted by atomic mass is 9.98. The zero-order valence-electron chi connectivity index (χ0n) is 7.96. The first kappa shape index (κ1) is 8.31. The summed E-state index contributed by atoms with van der Waals surface area (Å²) >= 11 is 0. The highest BCUT2D eigenvalue weighted by molar-refractivity contribution is 5.80. The molecule has 0 N–H and O–H groups in total. The van der Waals surface area contributed by atoms with Crippen LogP contribution >= 0.6 is 0 Å². The lowest BCUT2D eigenvalue weighted by Gasteiger charge is -2.06. The Morgan fingerprint density at radius 3 is 2.85 bits per heavy atom. The summed E-state index contributed by atoms with van der Waals surface area (Å²) in [6, 6.07) is 8.60. The van der Waals surface area contributed by atoms with Gasteiger partial charge in [0.1, 0.15) is 0 Å². The number of allylic oxidation sites excluding steroid dienone is 3. The Morgan fingerprint density at radius 2 is 2.15 bits per heavy atom. The van der Waals surface area contributed by atoms with E-state index in [1.165, 1.54) is 23.1 Å². The molecule has 1 aromatic rings. The molecule has 0 amide bonds. The van der Waals surface area contributed by atoms with Gasteiger partial charge in [0.25, 0.3) is 0 Å². The fourth-order valence-electron chi connectivity index (χ4n) is 2.00. The van der Waals surface area contributed by atoms with Crippen molar-refractivity contribution in [3.8, 4) is 0 Å². The molecule has 0 saturated heterocycles. The Bertz CT molecular complexity index is 358. The molecule has 0 fully saturated rings. The van der Waals surface area contributed by atoms with E-state index < -0.39 is 0 Å². The van der Waals surface area contributed by atoms with Gasteiger partial charge in [0.15, 0.2) is 0 Å². The molecule has 13 heavy (non-hydrogen) atoms. The van der Waals surface area contributed by atoms with Gasteiger partial charge in [-0.25, -0.2) is 0 Å². The summed E-state index contributed by atoms with van der Waals surface area (Å²) in [6.45, 7) is 6.07. The van der Waals surface area contributed by atoms with Gasteiger partial charge in [-0.1, -0.05) is 49.9 Å². The fourth-order valence-corrected chi connectivity index (χ4v) is 2.00. The minimum atomic E-state index is 0.601. The molecular weight excluding hydrogens is 156 g/mol. The van der Waals surface area contributed by atoms with Crippen molar-refractivity contribution in [1.82, 2.24) is 0 Å². The van der Waals surface area contributed by atoms with Gasteiger partial charge >= 0.3 is 0 Å². The second kappa shape index (κ2) is 3.21. The smallest absolute Gasteiger partial charge is 0.00307 e. The Hall–Kier alpha value is -1.30. The number of fused-ring (bicyclic) bond motifs is 1. The third kappa shape index (κ3) is 1.23. The lowest BCUT2D eigenvalue weighted by molar-refractivity contribution is 0.818. The van der Waals surface area contributed by atoms with Crippen LogP contribution in [0.15, 0.2) is 43.0 Å². The molecule has 0 bridgehead atoms. The molecular formula is C13H14. The molecule has 66 valence electrons.